The number of aliphatic hydroxyl groups excluding tert-OH is 2. The number of aldehydes is 1. The molecule has 4 atom stereocenters. The Kier molecular flexibility index (Phi) is 9.07. The first-order chi connectivity index (χ1) is 11.4. The summed E-state index contributed by atoms with van der Waals surface area (Å²) in [6.07, 6.45) is -5.62. The molecular formula is C15H25NO9. The van der Waals surface area contributed by atoms with Crippen molar-refractivity contribution in [2.24, 2.45) is 0 Å². The molecule has 0 fully saturated rings. The summed E-state index contributed by atoms with van der Waals surface area (Å²) in [7, 11) is 0. The molecular weight excluding hydrogens is 338 g/mol. The molecule has 0 heterocycles. The monoisotopic (exact) mass is 363 g/mol. The standard InChI is InChI=1S/C15H25NO9/c1-8(19)23-11(7-18)13(24-9(2)20)12(10(21)6-17)16-14(22)25-15(3,4)5/h7,10-13,17,21H,6H2,1-5H3,(H,16,22)/t10-,11+,12-,13-/m1/s1. The van der Waals surface area contributed by atoms with Gasteiger partial charge in [0.15, 0.2) is 18.5 Å². The van der Waals surface area contributed by atoms with Crippen molar-refractivity contribution >= 4 is 24.3 Å². The molecule has 144 valence electrons. The molecule has 10 nitrogen and oxygen atoms in total. The van der Waals surface area contributed by atoms with Crippen molar-refractivity contribution in [2.75, 3.05) is 6.61 Å². The Morgan fingerprint density at radius 2 is 1.64 bits per heavy atom. The van der Waals surface area contributed by atoms with Crippen molar-refractivity contribution in [1.82, 2.24) is 5.32 Å². The van der Waals surface area contributed by atoms with Crippen LogP contribution < -0.4 is 5.32 Å². The first kappa shape index (κ1) is 22.8. The maximum absolute atomic E-state index is 12.0. The number of esters is 2. The minimum atomic E-state index is -1.63. The van der Waals surface area contributed by atoms with Crippen LogP contribution in [0.25, 0.3) is 0 Å². The number of ether oxygens (including phenoxy) is 3. The van der Waals surface area contributed by atoms with Crippen LogP contribution in [0.2, 0.25) is 0 Å². The molecule has 0 rings (SSSR count). The summed E-state index contributed by atoms with van der Waals surface area (Å²) in [5.41, 5.74) is -0.865. The second-order valence-corrected chi connectivity index (χ2v) is 6.21. The van der Waals surface area contributed by atoms with E-state index >= 15 is 0 Å². The third-order valence-corrected chi connectivity index (χ3v) is 2.70. The van der Waals surface area contributed by atoms with Gasteiger partial charge in [-0.15, -0.1) is 0 Å². The topological polar surface area (TPSA) is 148 Å². The number of rotatable bonds is 8. The van der Waals surface area contributed by atoms with Crippen LogP contribution in [0.4, 0.5) is 4.79 Å². The maximum atomic E-state index is 12.0. The van der Waals surface area contributed by atoms with Gasteiger partial charge in [0, 0.05) is 13.8 Å². The van der Waals surface area contributed by atoms with E-state index in [9.17, 15) is 29.4 Å². The SMILES string of the molecule is CC(=O)O[C@@H]([C@H](NC(=O)OC(C)(C)C)[C@H](O)CO)[C@H](C=O)OC(C)=O. The molecule has 0 aromatic rings. The Morgan fingerprint density at radius 3 is 2.00 bits per heavy atom. The molecule has 10 heteroatoms. The summed E-state index contributed by atoms with van der Waals surface area (Å²) in [6.45, 7) is 6.02. The Hall–Kier alpha value is -2.20. The molecule has 0 bridgehead atoms. The highest BCUT2D eigenvalue weighted by Gasteiger charge is 2.40. The van der Waals surface area contributed by atoms with E-state index in [-0.39, 0.29) is 6.29 Å². The summed E-state index contributed by atoms with van der Waals surface area (Å²) >= 11 is 0. The van der Waals surface area contributed by atoms with Gasteiger partial charge in [0.1, 0.15) is 17.7 Å². The number of amides is 1. The highest BCUT2D eigenvalue weighted by Crippen LogP contribution is 2.14. The van der Waals surface area contributed by atoms with E-state index in [1.165, 1.54) is 0 Å². The number of carbonyl (C=O) groups excluding carboxylic acids is 4. The molecule has 0 aromatic heterocycles. The third kappa shape index (κ3) is 9.01. The van der Waals surface area contributed by atoms with E-state index in [1.54, 1.807) is 20.8 Å². The van der Waals surface area contributed by atoms with Crippen molar-refractivity contribution in [3.63, 3.8) is 0 Å². The van der Waals surface area contributed by atoms with Crippen LogP contribution in [0.3, 0.4) is 0 Å². The normalized spacial score (nSPS) is 16.0. The van der Waals surface area contributed by atoms with Gasteiger partial charge in [-0.05, 0) is 20.8 Å². The average molecular weight is 363 g/mol. The smallest absolute Gasteiger partial charge is 0.408 e. The number of carbonyl (C=O) groups is 4. The van der Waals surface area contributed by atoms with Crippen LogP contribution >= 0.6 is 0 Å². The molecule has 0 aliphatic carbocycles. The predicted molar refractivity (Wildman–Crippen MR) is 83.4 cm³/mol. The van der Waals surface area contributed by atoms with Crippen LogP contribution in [-0.2, 0) is 28.6 Å². The zero-order valence-electron chi connectivity index (χ0n) is 14.8. The summed E-state index contributed by atoms with van der Waals surface area (Å²) in [5.74, 6) is -1.70. The van der Waals surface area contributed by atoms with E-state index in [0.29, 0.717) is 0 Å². The van der Waals surface area contributed by atoms with Gasteiger partial charge in [0.2, 0.25) is 0 Å². The molecule has 0 radical (unpaired) electrons. The zero-order chi connectivity index (χ0) is 19.8. The number of hydrogen-bond donors (Lipinski definition) is 3. The van der Waals surface area contributed by atoms with Crippen LogP contribution in [-0.4, -0.2) is 71.1 Å². The largest absolute Gasteiger partial charge is 0.456 e. The number of aliphatic hydroxyl groups is 2. The molecule has 0 saturated carbocycles. The first-order valence-corrected chi connectivity index (χ1v) is 7.49. The molecule has 3 N–H and O–H groups in total. The second-order valence-electron chi connectivity index (χ2n) is 6.21. The maximum Gasteiger partial charge on any atom is 0.408 e. The van der Waals surface area contributed by atoms with Gasteiger partial charge in [-0.25, -0.2) is 4.79 Å². The van der Waals surface area contributed by atoms with E-state index < -0.39 is 54.6 Å². The number of hydrogen-bond acceptors (Lipinski definition) is 9. The Bertz CT molecular complexity index is 486. The van der Waals surface area contributed by atoms with Gasteiger partial charge < -0.3 is 29.7 Å². The minimum absolute atomic E-state index is 0.183. The van der Waals surface area contributed by atoms with E-state index in [1.807, 2.05) is 0 Å². The molecule has 0 spiro atoms. The van der Waals surface area contributed by atoms with Crippen LogP contribution in [0.15, 0.2) is 0 Å². The number of alkyl carbamates (subject to hydrolysis) is 1. The quantitative estimate of drug-likeness (QED) is 0.289. The van der Waals surface area contributed by atoms with Crippen LogP contribution in [0, 0.1) is 0 Å². The summed E-state index contributed by atoms with van der Waals surface area (Å²) in [5, 5.41) is 21.4. The van der Waals surface area contributed by atoms with E-state index in [4.69, 9.17) is 14.2 Å². The van der Waals surface area contributed by atoms with Crippen LogP contribution in [0.5, 0.6) is 0 Å². The molecule has 0 aliphatic rings. The lowest BCUT2D eigenvalue weighted by molar-refractivity contribution is -0.171. The molecule has 0 aliphatic heterocycles. The highest BCUT2D eigenvalue weighted by molar-refractivity contribution is 5.72. The molecule has 1 amide bonds. The molecule has 25 heavy (non-hydrogen) atoms. The summed E-state index contributed by atoms with van der Waals surface area (Å²) < 4.78 is 14.7. The Balaban J connectivity index is 5.60. The van der Waals surface area contributed by atoms with Gasteiger partial charge >= 0.3 is 18.0 Å². The van der Waals surface area contributed by atoms with Crippen molar-refractivity contribution in [1.29, 1.82) is 0 Å². The first-order valence-electron chi connectivity index (χ1n) is 7.49. The van der Waals surface area contributed by atoms with Crippen molar-refractivity contribution < 1.29 is 43.6 Å². The lowest BCUT2D eigenvalue weighted by Crippen LogP contribution is -2.58. The second kappa shape index (κ2) is 9.94. The summed E-state index contributed by atoms with van der Waals surface area (Å²) in [6, 6.07) is -1.47. The molecule has 0 aromatic carbocycles. The zero-order valence-corrected chi connectivity index (χ0v) is 14.8. The van der Waals surface area contributed by atoms with E-state index in [2.05, 4.69) is 5.32 Å². The van der Waals surface area contributed by atoms with Crippen molar-refractivity contribution in [3.8, 4) is 0 Å². The van der Waals surface area contributed by atoms with E-state index in [0.717, 1.165) is 13.8 Å². The summed E-state index contributed by atoms with van der Waals surface area (Å²) in [4.78, 5) is 45.6. The predicted octanol–water partition coefficient (Wildman–Crippen LogP) is -0.705. The average Bonchev–Trinajstić information content (AvgIpc) is 2.45. The highest BCUT2D eigenvalue weighted by atomic mass is 16.6. The van der Waals surface area contributed by atoms with Gasteiger partial charge in [-0.1, -0.05) is 0 Å². The Labute approximate surface area is 145 Å². The molecule has 0 saturated heterocycles. The fourth-order valence-corrected chi connectivity index (χ4v) is 1.85. The lowest BCUT2D eigenvalue weighted by atomic mass is 10.0. The van der Waals surface area contributed by atoms with Crippen molar-refractivity contribution in [2.45, 2.75) is 64.6 Å². The van der Waals surface area contributed by atoms with Gasteiger partial charge in [-0.3, -0.25) is 14.4 Å². The third-order valence-electron chi connectivity index (χ3n) is 2.70. The lowest BCUT2D eigenvalue weighted by Gasteiger charge is -2.33. The van der Waals surface area contributed by atoms with Crippen LogP contribution in [0.1, 0.15) is 34.6 Å². The van der Waals surface area contributed by atoms with Gasteiger partial charge in [0.05, 0.1) is 6.61 Å². The molecule has 0 unspecified atom stereocenters. The Morgan fingerprint density at radius 1 is 1.12 bits per heavy atom. The fraction of sp³-hybridized carbons (Fsp3) is 0.733. The van der Waals surface area contributed by atoms with Crippen molar-refractivity contribution in [3.05, 3.63) is 0 Å². The fourth-order valence-electron chi connectivity index (χ4n) is 1.85. The van der Waals surface area contributed by atoms with Gasteiger partial charge in [0.25, 0.3) is 0 Å². The van der Waals surface area contributed by atoms with Gasteiger partial charge in [-0.2, -0.15) is 0 Å². The number of nitrogens with one attached hydrogen (secondary N) is 1. The minimum Gasteiger partial charge on any atom is -0.456 e.